The summed E-state index contributed by atoms with van der Waals surface area (Å²) in [4.78, 5) is 62.1. The number of aryl methyl sites for hydroxylation is 10. The van der Waals surface area contributed by atoms with E-state index >= 15 is 0 Å². The Balaban J connectivity index is 0.000000171. The second-order valence-electron chi connectivity index (χ2n) is 38.7. The average molecular weight is 2090 g/mol. The van der Waals surface area contributed by atoms with Gasteiger partial charge in [-0.05, 0) is 275 Å². The van der Waals surface area contributed by atoms with Crippen molar-refractivity contribution in [1.29, 1.82) is 0 Å². The second-order valence-corrected chi connectivity index (χ2v) is 49.0. The molecule has 0 saturated heterocycles. The van der Waals surface area contributed by atoms with Crippen molar-refractivity contribution in [2.75, 3.05) is 50.0 Å². The van der Waals surface area contributed by atoms with Crippen LogP contribution in [0.25, 0.3) is 0 Å². The maximum absolute atomic E-state index is 14.4. The molecule has 5 heterocycles. The van der Waals surface area contributed by atoms with Gasteiger partial charge >= 0.3 is 0 Å². The number of anilines is 5. The molecule has 5 aliphatic rings. The van der Waals surface area contributed by atoms with Crippen LogP contribution in [0.4, 0.5) is 50.4 Å². The molecule has 5 aromatic heterocycles. The number of hydrogen-bond donors (Lipinski definition) is 12. The number of nitrogens with zero attached hydrogens (tertiary/aromatic N) is 5. The minimum atomic E-state index is -3.92. The largest absolute Gasteiger partial charge is 0.396 e. The lowest BCUT2D eigenvalue weighted by Crippen LogP contribution is -2.35. The molecule has 32 nitrogen and oxygen atoms in total. The Morgan fingerprint density at radius 3 is 0.664 bits per heavy atom. The molecule has 15 rings (SSSR count). The van der Waals surface area contributed by atoms with Crippen LogP contribution < -0.4 is 51.4 Å². The number of nitrogens with one attached hydrogen (secondary N) is 5. The predicted octanol–water partition coefficient (Wildman–Crippen LogP) is 10.3. The first-order chi connectivity index (χ1) is 66.8. The fraction of sp³-hybridized carbons (Fsp3) is 0.455. The van der Waals surface area contributed by atoms with Gasteiger partial charge in [0.15, 0.2) is 0 Å². The Morgan fingerprint density at radius 2 is 0.497 bits per heavy atom. The van der Waals surface area contributed by atoms with Gasteiger partial charge in [-0.2, -0.15) is 0 Å². The first-order valence-corrected chi connectivity index (χ1v) is 54.1. The van der Waals surface area contributed by atoms with Crippen molar-refractivity contribution in [3.05, 3.63) is 314 Å². The minimum absolute atomic E-state index is 0.0300. The van der Waals surface area contributed by atoms with Crippen LogP contribution in [-0.4, -0.2) is 170 Å². The number of sulfonamides is 5. The quantitative estimate of drug-likeness (QED) is 0.0162. The van der Waals surface area contributed by atoms with Gasteiger partial charge in [0.1, 0.15) is 29.1 Å². The van der Waals surface area contributed by atoms with E-state index in [1.54, 1.807) is 144 Å². The lowest BCUT2D eigenvalue weighted by Gasteiger charge is -2.22. The van der Waals surface area contributed by atoms with Crippen LogP contribution in [0.5, 0.6) is 0 Å². The zero-order valence-corrected chi connectivity index (χ0v) is 86.6. The van der Waals surface area contributed by atoms with Gasteiger partial charge in [0.25, 0.3) is 27.8 Å². The summed E-state index contributed by atoms with van der Waals surface area (Å²) in [5.74, 6) is -2.06. The van der Waals surface area contributed by atoms with Gasteiger partial charge in [-0.25, -0.2) is 64.0 Å². The van der Waals surface area contributed by atoms with E-state index in [0.717, 1.165) is 27.8 Å². The lowest BCUT2D eigenvalue weighted by atomic mass is 10.0. The first-order valence-electron chi connectivity index (χ1n) is 46.6. The highest BCUT2D eigenvalue weighted by Gasteiger charge is 2.59. The van der Waals surface area contributed by atoms with E-state index in [1.807, 2.05) is 0 Å². The molecule has 5 aliphatic carbocycles. The first kappa shape index (κ1) is 112. The SMILES string of the molecule is Cc1ccc(Cc2c(NS(=O)(=O)C3(CCO)CC3)cc(C)c(=O)n2C)c(F)c1.Cc1ccc(Cc2c(NS(=O)(=O)C3(C[C@@H](O)CO)CC3)cc(C)c(=O)n2C)c(F)c1.Cc1ccc(Cc2c(NS(=O)(=O)C3(C[C@@H](O)CO)CC3)cc(C)c(=O)n2C)c(F)c1.Cc1ccc(Cc2c(NS(=O)(=O)C3(C[C@H](O)CO)CC3)cc(C)c(=O)n2C)c(F)c1.Cc1ccc(Cc2c(NS(=O)(=O)C3CC3)cc(C)c(=O)n2C)c(F)c1. The molecule has 5 saturated carbocycles. The molecule has 12 N–H and O–H groups in total. The van der Waals surface area contributed by atoms with Crippen molar-refractivity contribution in [3.63, 3.8) is 0 Å². The second kappa shape index (κ2) is 44.5. The summed E-state index contributed by atoms with van der Waals surface area (Å²) in [5, 5.41) is 65.4. The standard InChI is InChI=1S/3C21H27FN2O5S.C20H25FN2O4S.C18H21FN2O3S/c3*1-13-4-5-15(17(22)8-13)10-19-18(9-14(2)20(27)24(19)3)23-30(28,29)21(6-7-21)11-16(26)12-25;1-13-4-5-15(16(21)10-13)12-18-17(11-14(2)19(25)23(18)3)22-28(26,27)20(6-7-20)8-9-24;1-11-4-5-13(15(19)8-11)10-17-16(9-12(2)18(22)21(17)3)20-25(23,24)14-6-7-14/h3*4-5,8-9,16,23,25-26H,6-7,10-12H2,1-3H3;4-5,10-11,22,24H,6-9,12H2,1-3H3;4-5,8-9,14,20H,6-7,10H2,1-3H3/t3*16-;;/m110../s1. The Labute approximate surface area is 829 Å². The molecule has 0 spiro atoms. The van der Waals surface area contributed by atoms with Crippen LogP contribution in [-0.2, 0) is 117 Å². The molecule has 42 heteroatoms. The summed E-state index contributed by atoms with van der Waals surface area (Å²) >= 11 is 0. The van der Waals surface area contributed by atoms with Gasteiger partial charge in [0.2, 0.25) is 50.1 Å². The molecule has 5 fully saturated rings. The summed E-state index contributed by atoms with van der Waals surface area (Å²) in [6.07, 6.45) is 1.27. The van der Waals surface area contributed by atoms with E-state index in [0.29, 0.717) is 154 Å². The van der Waals surface area contributed by atoms with Gasteiger partial charge in [-0.1, -0.05) is 60.7 Å². The molecular weight excluding hydrogens is 1960 g/mol. The summed E-state index contributed by atoms with van der Waals surface area (Å²) in [7, 11) is -11.3. The van der Waals surface area contributed by atoms with Crippen molar-refractivity contribution < 1.29 is 99.8 Å². The fourth-order valence-corrected chi connectivity index (χ4v) is 25.6. The number of pyridine rings is 5. The third-order valence-corrected chi connectivity index (χ3v) is 37.9. The summed E-state index contributed by atoms with van der Waals surface area (Å²) in [6, 6.07) is 31.4. The van der Waals surface area contributed by atoms with Crippen molar-refractivity contribution in [3.8, 4) is 0 Å². The monoisotopic (exact) mass is 2090 g/mol. The third-order valence-electron chi connectivity index (χ3n) is 27.2. The highest BCUT2D eigenvalue weighted by Crippen LogP contribution is 2.52. The Morgan fingerprint density at radius 1 is 0.308 bits per heavy atom. The van der Waals surface area contributed by atoms with Gasteiger partial charge in [-0.3, -0.25) is 47.6 Å². The van der Waals surface area contributed by atoms with Crippen LogP contribution in [0.3, 0.4) is 0 Å². The number of hydrogen-bond acceptors (Lipinski definition) is 22. The topological polar surface area (TPSA) is 482 Å². The molecular formula is C101H127F5N10O22S5. The van der Waals surface area contributed by atoms with E-state index in [2.05, 4.69) is 23.6 Å². The maximum atomic E-state index is 14.4. The lowest BCUT2D eigenvalue weighted by molar-refractivity contribution is 0.0858. The maximum Gasteiger partial charge on any atom is 0.253 e. The van der Waals surface area contributed by atoms with Gasteiger partial charge in [0, 0.05) is 130 Å². The number of rotatable bonds is 36. The van der Waals surface area contributed by atoms with Crippen molar-refractivity contribution in [2.45, 2.75) is 234 Å². The zero-order chi connectivity index (χ0) is 106. The molecule has 5 aromatic carbocycles. The van der Waals surface area contributed by atoms with Gasteiger partial charge in [-0.15, -0.1) is 0 Å². The molecule has 0 radical (unpaired) electrons. The Hall–Kier alpha value is -11.0. The highest BCUT2D eigenvalue weighted by atomic mass is 32.2. The molecule has 0 bridgehead atoms. The normalized spacial score (nSPS) is 15.9. The van der Waals surface area contributed by atoms with Crippen LogP contribution in [0.1, 0.15) is 202 Å². The predicted molar refractivity (Wildman–Crippen MR) is 540 cm³/mol. The molecule has 10 aromatic rings. The molecule has 0 unspecified atom stereocenters. The number of aromatic nitrogens is 5. The molecule has 143 heavy (non-hydrogen) atoms. The smallest absolute Gasteiger partial charge is 0.253 e. The van der Waals surface area contributed by atoms with E-state index in [4.69, 9.17) is 15.3 Å². The van der Waals surface area contributed by atoms with E-state index in [-0.39, 0.29) is 126 Å². The molecule has 0 amide bonds. The average Bonchev–Trinajstić information content (AvgIpc) is 1.60. The number of halogens is 5. The van der Waals surface area contributed by atoms with E-state index in [1.165, 1.54) is 105 Å². The van der Waals surface area contributed by atoms with E-state index in [9.17, 15) is 108 Å². The van der Waals surface area contributed by atoms with Crippen molar-refractivity contribution in [2.24, 2.45) is 35.2 Å². The fourth-order valence-electron chi connectivity index (χ4n) is 17.3. The number of aliphatic hydroxyl groups excluding tert-OH is 7. The number of aliphatic hydroxyl groups is 7. The summed E-state index contributed by atoms with van der Waals surface area (Å²) in [6.45, 7) is 15.1. The van der Waals surface area contributed by atoms with Crippen LogP contribution in [0.15, 0.2) is 145 Å². The summed E-state index contributed by atoms with van der Waals surface area (Å²) in [5.41, 5.74) is 9.27. The highest BCUT2D eigenvalue weighted by molar-refractivity contribution is 7.95. The Bertz CT molecular complexity index is 7030. The van der Waals surface area contributed by atoms with Gasteiger partial charge in [0.05, 0.1) is 90.8 Å². The van der Waals surface area contributed by atoms with Gasteiger partial charge < -0.3 is 58.6 Å². The third kappa shape index (κ3) is 26.1. The molecule has 3 atom stereocenters. The summed E-state index contributed by atoms with van der Waals surface area (Å²) < 4.78 is 216. The van der Waals surface area contributed by atoms with Crippen molar-refractivity contribution in [1.82, 2.24) is 22.8 Å². The minimum Gasteiger partial charge on any atom is -0.396 e. The van der Waals surface area contributed by atoms with Crippen LogP contribution in [0.2, 0.25) is 0 Å². The zero-order valence-electron chi connectivity index (χ0n) is 82.5. The number of benzene rings is 5. The van der Waals surface area contributed by atoms with E-state index < -0.39 is 131 Å². The van der Waals surface area contributed by atoms with Crippen molar-refractivity contribution >= 4 is 78.6 Å². The van der Waals surface area contributed by atoms with Crippen LogP contribution in [0, 0.1) is 98.3 Å². The van der Waals surface area contributed by atoms with Crippen LogP contribution >= 0.6 is 0 Å². The molecule has 0 aliphatic heterocycles. The molecule has 778 valence electrons. The Kier molecular flexibility index (Phi) is 35.0.